The molecule has 17 heavy (non-hydrogen) atoms. The van der Waals surface area contributed by atoms with E-state index in [0.717, 1.165) is 16.7 Å². The number of carboxylic acid groups (broad SMARTS) is 1. The van der Waals surface area contributed by atoms with E-state index < -0.39 is 23.8 Å². The SMILES string of the molecule is CN1C(=O)CC(NC(=O)CSCC(=O)O)C1=O. The molecule has 1 saturated heterocycles. The van der Waals surface area contributed by atoms with Gasteiger partial charge in [0.15, 0.2) is 0 Å². The van der Waals surface area contributed by atoms with Crippen LogP contribution >= 0.6 is 11.8 Å². The van der Waals surface area contributed by atoms with Crippen molar-refractivity contribution in [2.75, 3.05) is 18.6 Å². The molecule has 0 aromatic rings. The summed E-state index contributed by atoms with van der Waals surface area (Å²) in [4.78, 5) is 45.1. The number of nitrogens with zero attached hydrogens (tertiary/aromatic N) is 1. The molecule has 94 valence electrons. The summed E-state index contributed by atoms with van der Waals surface area (Å²) in [6, 6.07) is -0.814. The van der Waals surface area contributed by atoms with Gasteiger partial charge in [-0.05, 0) is 0 Å². The molecule has 0 spiro atoms. The van der Waals surface area contributed by atoms with Crippen LogP contribution in [0, 0.1) is 0 Å². The number of aliphatic carboxylic acids is 1. The molecular formula is C9H12N2O5S. The smallest absolute Gasteiger partial charge is 0.313 e. The maximum atomic E-state index is 11.4. The Morgan fingerprint density at radius 1 is 1.47 bits per heavy atom. The average Bonchev–Trinajstić information content (AvgIpc) is 2.46. The Morgan fingerprint density at radius 3 is 2.59 bits per heavy atom. The van der Waals surface area contributed by atoms with E-state index in [0.29, 0.717) is 0 Å². The van der Waals surface area contributed by atoms with Crippen molar-refractivity contribution in [2.24, 2.45) is 0 Å². The zero-order valence-corrected chi connectivity index (χ0v) is 9.95. The lowest BCUT2D eigenvalue weighted by atomic mass is 10.2. The highest BCUT2D eigenvalue weighted by Gasteiger charge is 2.36. The van der Waals surface area contributed by atoms with Crippen molar-refractivity contribution in [3.63, 3.8) is 0 Å². The molecule has 1 fully saturated rings. The van der Waals surface area contributed by atoms with E-state index in [2.05, 4.69) is 5.32 Å². The second-order valence-electron chi connectivity index (χ2n) is 3.50. The van der Waals surface area contributed by atoms with Crippen LogP contribution < -0.4 is 5.32 Å². The molecule has 0 radical (unpaired) electrons. The minimum absolute atomic E-state index is 0.0370. The van der Waals surface area contributed by atoms with Crippen LogP contribution in [0.5, 0.6) is 0 Å². The van der Waals surface area contributed by atoms with Crippen LogP contribution in [0.15, 0.2) is 0 Å². The summed E-state index contributed by atoms with van der Waals surface area (Å²) in [5.41, 5.74) is 0. The molecule has 0 saturated carbocycles. The first-order chi connectivity index (χ1) is 7.91. The van der Waals surface area contributed by atoms with E-state index in [9.17, 15) is 19.2 Å². The zero-order chi connectivity index (χ0) is 13.0. The minimum atomic E-state index is -1.00. The van der Waals surface area contributed by atoms with Crippen LogP contribution in [0.2, 0.25) is 0 Å². The topological polar surface area (TPSA) is 104 Å². The molecule has 1 aliphatic heterocycles. The van der Waals surface area contributed by atoms with Crippen LogP contribution in [-0.4, -0.2) is 58.3 Å². The van der Waals surface area contributed by atoms with Gasteiger partial charge in [-0.25, -0.2) is 0 Å². The molecule has 3 amide bonds. The number of amides is 3. The summed E-state index contributed by atoms with van der Waals surface area (Å²) in [6.45, 7) is 0. The Balaban J connectivity index is 2.35. The summed E-state index contributed by atoms with van der Waals surface area (Å²) < 4.78 is 0. The lowest BCUT2D eigenvalue weighted by molar-refractivity contribution is -0.138. The third kappa shape index (κ3) is 3.74. The van der Waals surface area contributed by atoms with Crippen molar-refractivity contribution in [2.45, 2.75) is 12.5 Å². The normalized spacial score (nSPS) is 19.6. The van der Waals surface area contributed by atoms with E-state index in [-0.39, 0.29) is 23.8 Å². The van der Waals surface area contributed by atoms with Gasteiger partial charge >= 0.3 is 5.97 Å². The van der Waals surface area contributed by atoms with Gasteiger partial charge in [0.05, 0.1) is 17.9 Å². The number of hydrogen-bond donors (Lipinski definition) is 2. The van der Waals surface area contributed by atoms with Crippen molar-refractivity contribution in [1.82, 2.24) is 10.2 Å². The van der Waals surface area contributed by atoms with Crippen molar-refractivity contribution < 1.29 is 24.3 Å². The van der Waals surface area contributed by atoms with E-state index in [4.69, 9.17) is 5.11 Å². The number of imide groups is 1. The third-order valence-electron chi connectivity index (χ3n) is 2.18. The summed E-state index contributed by atoms with van der Waals surface area (Å²) in [5.74, 6) is -2.45. The second kappa shape index (κ2) is 5.67. The summed E-state index contributed by atoms with van der Waals surface area (Å²) in [5, 5.41) is 10.8. The number of rotatable bonds is 5. The first kappa shape index (κ1) is 13.5. The van der Waals surface area contributed by atoms with Crippen LogP contribution in [0.3, 0.4) is 0 Å². The molecule has 0 bridgehead atoms. The highest BCUT2D eigenvalue weighted by atomic mass is 32.2. The van der Waals surface area contributed by atoms with Crippen LogP contribution in [0.25, 0.3) is 0 Å². The highest BCUT2D eigenvalue weighted by molar-refractivity contribution is 8.00. The van der Waals surface area contributed by atoms with Crippen LogP contribution in [-0.2, 0) is 19.2 Å². The van der Waals surface area contributed by atoms with E-state index in [1.807, 2.05) is 0 Å². The lowest BCUT2D eigenvalue weighted by Crippen LogP contribution is -2.41. The molecule has 0 aliphatic carbocycles. The Labute approximate surface area is 102 Å². The Morgan fingerprint density at radius 2 is 2.12 bits per heavy atom. The predicted molar refractivity (Wildman–Crippen MR) is 59.3 cm³/mol. The van der Waals surface area contributed by atoms with E-state index >= 15 is 0 Å². The summed E-state index contributed by atoms with van der Waals surface area (Å²) in [7, 11) is 1.36. The first-order valence-corrected chi connectivity index (χ1v) is 5.96. The predicted octanol–water partition coefficient (Wildman–Crippen LogP) is -1.32. The fraction of sp³-hybridized carbons (Fsp3) is 0.556. The molecule has 1 heterocycles. The van der Waals surface area contributed by atoms with Crippen LogP contribution in [0.4, 0.5) is 0 Å². The first-order valence-electron chi connectivity index (χ1n) is 4.81. The molecule has 1 rings (SSSR count). The number of nitrogens with one attached hydrogen (secondary N) is 1. The molecule has 1 atom stereocenters. The quantitative estimate of drug-likeness (QED) is 0.594. The van der Waals surface area contributed by atoms with Crippen molar-refractivity contribution in [1.29, 1.82) is 0 Å². The molecule has 2 N–H and O–H groups in total. The number of thioether (sulfide) groups is 1. The zero-order valence-electron chi connectivity index (χ0n) is 9.13. The van der Waals surface area contributed by atoms with Gasteiger partial charge in [0.25, 0.3) is 5.91 Å². The fourth-order valence-corrected chi connectivity index (χ4v) is 1.88. The maximum absolute atomic E-state index is 11.4. The Bertz CT molecular complexity index is 370. The monoisotopic (exact) mass is 260 g/mol. The van der Waals surface area contributed by atoms with Crippen molar-refractivity contribution >= 4 is 35.5 Å². The van der Waals surface area contributed by atoms with Crippen molar-refractivity contribution in [3.05, 3.63) is 0 Å². The minimum Gasteiger partial charge on any atom is -0.481 e. The number of likely N-dealkylation sites (N-methyl/N-ethyl adjacent to an activating group) is 1. The second-order valence-corrected chi connectivity index (χ2v) is 4.49. The average molecular weight is 260 g/mol. The molecule has 8 heteroatoms. The van der Waals surface area contributed by atoms with E-state index in [1.54, 1.807) is 0 Å². The summed E-state index contributed by atoms with van der Waals surface area (Å²) in [6.07, 6.45) is -0.0370. The Hall–Kier alpha value is -1.57. The molecule has 0 aromatic carbocycles. The van der Waals surface area contributed by atoms with Gasteiger partial charge in [0.2, 0.25) is 11.8 Å². The standard InChI is InChI=1S/C9H12N2O5S/c1-11-7(13)2-5(9(11)16)10-6(12)3-17-4-8(14)15/h5H,2-4H2,1H3,(H,10,12)(H,14,15). The fourth-order valence-electron chi connectivity index (χ4n) is 1.34. The number of carboxylic acids is 1. The Kier molecular flexibility index (Phi) is 4.50. The van der Waals surface area contributed by atoms with Gasteiger partial charge in [0, 0.05) is 7.05 Å². The lowest BCUT2D eigenvalue weighted by Gasteiger charge is -2.10. The number of likely N-dealkylation sites (tertiary alicyclic amines) is 1. The molecular weight excluding hydrogens is 248 g/mol. The molecule has 1 unspecified atom stereocenters. The van der Waals surface area contributed by atoms with Gasteiger partial charge in [0.1, 0.15) is 6.04 Å². The molecule has 1 aliphatic rings. The van der Waals surface area contributed by atoms with Gasteiger partial charge in [-0.15, -0.1) is 11.8 Å². The van der Waals surface area contributed by atoms with Gasteiger partial charge in [-0.1, -0.05) is 0 Å². The van der Waals surface area contributed by atoms with Crippen LogP contribution in [0.1, 0.15) is 6.42 Å². The highest BCUT2D eigenvalue weighted by Crippen LogP contribution is 2.10. The summed E-state index contributed by atoms with van der Waals surface area (Å²) >= 11 is 0.934. The molecule has 7 nitrogen and oxygen atoms in total. The maximum Gasteiger partial charge on any atom is 0.313 e. The van der Waals surface area contributed by atoms with E-state index in [1.165, 1.54) is 7.05 Å². The number of carbonyl (C=O) groups excluding carboxylic acids is 3. The van der Waals surface area contributed by atoms with Crippen molar-refractivity contribution in [3.8, 4) is 0 Å². The number of carbonyl (C=O) groups is 4. The largest absolute Gasteiger partial charge is 0.481 e. The molecule has 0 aromatic heterocycles. The van der Waals surface area contributed by atoms with Gasteiger partial charge < -0.3 is 10.4 Å². The number of hydrogen-bond acceptors (Lipinski definition) is 5. The third-order valence-corrected chi connectivity index (χ3v) is 3.09. The van der Waals surface area contributed by atoms with Gasteiger partial charge in [-0.2, -0.15) is 0 Å². The van der Waals surface area contributed by atoms with Gasteiger partial charge in [-0.3, -0.25) is 24.1 Å².